The zero-order chi connectivity index (χ0) is 20.4. The van der Waals surface area contributed by atoms with Crippen molar-refractivity contribution in [3.63, 3.8) is 0 Å². The predicted molar refractivity (Wildman–Crippen MR) is 113 cm³/mol. The van der Waals surface area contributed by atoms with E-state index < -0.39 is 6.10 Å². The van der Waals surface area contributed by atoms with Crippen LogP contribution in [0, 0.1) is 0 Å². The van der Waals surface area contributed by atoms with Crippen LogP contribution in [0.1, 0.15) is 29.6 Å². The van der Waals surface area contributed by atoms with Gasteiger partial charge in [-0.05, 0) is 53.9 Å². The molecule has 3 aromatic rings. The topological polar surface area (TPSA) is 62.7 Å². The summed E-state index contributed by atoms with van der Waals surface area (Å²) in [5, 5.41) is 11.4. The van der Waals surface area contributed by atoms with Crippen LogP contribution in [0.25, 0.3) is 0 Å². The summed E-state index contributed by atoms with van der Waals surface area (Å²) in [6, 6.07) is 18.8. The molecule has 2 unspecified atom stereocenters. The standard InChI is InChI=1S/C23H21ClN2O3/c1-29-23-11-6-15(13-25-23)21(27)12-19-18-4-2-3-5-20(18)26(14-22(19)28)17-9-7-16(24)8-10-17/h2-11,13,19,21,27H,12,14H2,1H3. The van der Waals surface area contributed by atoms with Gasteiger partial charge in [0.2, 0.25) is 5.88 Å². The van der Waals surface area contributed by atoms with Crippen LogP contribution in [0.2, 0.25) is 5.02 Å². The van der Waals surface area contributed by atoms with Crippen molar-refractivity contribution in [2.75, 3.05) is 18.6 Å². The minimum absolute atomic E-state index is 0.0687. The van der Waals surface area contributed by atoms with Crippen molar-refractivity contribution in [2.45, 2.75) is 18.4 Å². The van der Waals surface area contributed by atoms with Gasteiger partial charge in [-0.15, -0.1) is 0 Å². The molecule has 2 atom stereocenters. The molecule has 1 N–H and O–H groups in total. The van der Waals surface area contributed by atoms with Crippen molar-refractivity contribution in [3.05, 3.63) is 83.0 Å². The number of ketones is 1. The van der Waals surface area contributed by atoms with E-state index in [-0.39, 0.29) is 18.2 Å². The molecule has 0 amide bonds. The van der Waals surface area contributed by atoms with Gasteiger partial charge in [0.1, 0.15) is 0 Å². The van der Waals surface area contributed by atoms with Crippen molar-refractivity contribution in [3.8, 4) is 5.88 Å². The summed E-state index contributed by atoms with van der Waals surface area (Å²) >= 11 is 6.01. The lowest BCUT2D eigenvalue weighted by Crippen LogP contribution is -2.35. The van der Waals surface area contributed by atoms with Crippen LogP contribution in [0.5, 0.6) is 5.88 Å². The number of hydrogen-bond acceptors (Lipinski definition) is 5. The van der Waals surface area contributed by atoms with Gasteiger partial charge in [-0.1, -0.05) is 29.8 Å². The summed E-state index contributed by atoms with van der Waals surface area (Å²) < 4.78 is 5.06. The summed E-state index contributed by atoms with van der Waals surface area (Å²) in [6.07, 6.45) is 1.10. The summed E-state index contributed by atoms with van der Waals surface area (Å²) in [5.74, 6) is 0.171. The minimum Gasteiger partial charge on any atom is -0.481 e. The van der Waals surface area contributed by atoms with Crippen molar-refractivity contribution < 1.29 is 14.6 Å². The molecule has 5 nitrogen and oxygen atoms in total. The highest BCUT2D eigenvalue weighted by molar-refractivity contribution is 6.30. The van der Waals surface area contributed by atoms with Gasteiger partial charge in [-0.25, -0.2) is 4.98 Å². The number of aromatic nitrogens is 1. The molecular formula is C23H21ClN2O3. The second-order valence-electron chi connectivity index (χ2n) is 7.03. The lowest BCUT2D eigenvalue weighted by molar-refractivity contribution is -0.120. The number of aliphatic hydroxyl groups excluding tert-OH is 1. The average molecular weight is 409 g/mol. The predicted octanol–water partition coefficient (Wildman–Crippen LogP) is 4.67. The normalized spacial score (nSPS) is 17.0. The summed E-state index contributed by atoms with van der Waals surface area (Å²) in [4.78, 5) is 19.2. The number of methoxy groups -OCH3 is 1. The first-order valence-electron chi connectivity index (χ1n) is 9.39. The Balaban J connectivity index is 1.62. The van der Waals surface area contributed by atoms with Crippen molar-refractivity contribution in [2.24, 2.45) is 0 Å². The molecule has 6 heteroatoms. The number of rotatable bonds is 5. The van der Waals surface area contributed by atoms with E-state index in [9.17, 15) is 9.90 Å². The highest BCUT2D eigenvalue weighted by Crippen LogP contribution is 2.41. The number of hydrogen-bond donors (Lipinski definition) is 1. The third-order valence-corrected chi connectivity index (χ3v) is 5.51. The Morgan fingerprint density at radius 2 is 1.93 bits per heavy atom. The molecule has 148 valence electrons. The number of fused-ring (bicyclic) bond motifs is 1. The third kappa shape index (κ3) is 3.97. The maximum Gasteiger partial charge on any atom is 0.212 e. The Labute approximate surface area is 174 Å². The molecule has 0 fully saturated rings. The number of halogens is 1. The van der Waals surface area contributed by atoms with E-state index in [0.29, 0.717) is 22.9 Å². The van der Waals surface area contributed by atoms with Gasteiger partial charge >= 0.3 is 0 Å². The Morgan fingerprint density at radius 3 is 2.62 bits per heavy atom. The Morgan fingerprint density at radius 1 is 1.17 bits per heavy atom. The second kappa shape index (κ2) is 8.23. The van der Waals surface area contributed by atoms with Crippen molar-refractivity contribution >= 4 is 28.8 Å². The molecule has 1 aliphatic rings. The first kappa shape index (κ1) is 19.4. The lowest BCUT2D eigenvalue weighted by atomic mass is 9.83. The van der Waals surface area contributed by atoms with E-state index >= 15 is 0 Å². The van der Waals surface area contributed by atoms with E-state index in [1.54, 1.807) is 25.4 Å². The van der Waals surface area contributed by atoms with Crippen LogP contribution < -0.4 is 9.64 Å². The Bertz CT molecular complexity index is 1010. The SMILES string of the molecule is COc1ccc(C(O)CC2C(=O)CN(c3ccc(Cl)cc3)c3ccccc32)cn1. The van der Waals surface area contributed by atoms with Gasteiger partial charge in [0.25, 0.3) is 0 Å². The monoisotopic (exact) mass is 408 g/mol. The molecule has 1 aliphatic heterocycles. The van der Waals surface area contributed by atoms with Gasteiger partial charge in [-0.3, -0.25) is 4.79 Å². The molecule has 2 aromatic carbocycles. The summed E-state index contributed by atoms with van der Waals surface area (Å²) in [6.45, 7) is 0.247. The minimum atomic E-state index is -0.794. The molecule has 2 heterocycles. The molecule has 0 aliphatic carbocycles. The smallest absolute Gasteiger partial charge is 0.212 e. The molecule has 0 radical (unpaired) electrons. The largest absolute Gasteiger partial charge is 0.481 e. The van der Waals surface area contributed by atoms with E-state index in [0.717, 1.165) is 16.9 Å². The number of benzene rings is 2. The molecule has 0 bridgehead atoms. The number of nitrogens with zero attached hydrogens (tertiary/aromatic N) is 2. The maximum atomic E-state index is 13.1. The number of Topliss-reactive ketones (excluding diaryl/α,β-unsaturated/α-hetero) is 1. The van der Waals surface area contributed by atoms with Crippen LogP contribution in [0.15, 0.2) is 66.9 Å². The van der Waals surface area contributed by atoms with Crippen molar-refractivity contribution in [1.29, 1.82) is 0 Å². The molecule has 0 spiro atoms. The quantitative estimate of drug-likeness (QED) is 0.664. The first-order chi connectivity index (χ1) is 14.1. The molecule has 0 saturated heterocycles. The molecule has 4 rings (SSSR count). The molecular weight excluding hydrogens is 388 g/mol. The van der Waals surface area contributed by atoms with Crippen LogP contribution in [-0.4, -0.2) is 29.5 Å². The number of para-hydroxylation sites is 1. The lowest BCUT2D eigenvalue weighted by Gasteiger charge is -2.35. The highest BCUT2D eigenvalue weighted by Gasteiger charge is 2.34. The van der Waals surface area contributed by atoms with Gasteiger partial charge in [0.05, 0.1) is 19.8 Å². The number of ether oxygens (including phenoxy) is 1. The third-order valence-electron chi connectivity index (χ3n) is 5.26. The summed E-state index contributed by atoms with van der Waals surface area (Å²) in [7, 11) is 1.54. The number of carbonyl (C=O) groups is 1. The van der Waals surface area contributed by atoms with Crippen LogP contribution in [0.4, 0.5) is 11.4 Å². The van der Waals surface area contributed by atoms with E-state index in [1.165, 1.54) is 0 Å². The number of carbonyl (C=O) groups excluding carboxylic acids is 1. The van der Waals surface area contributed by atoms with Gasteiger partial charge in [0.15, 0.2) is 5.78 Å². The van der Waals surface area contributed by atoms with Gasteiger partial charge in [-0.2, -0.15) is 0 Å². The fourth-order valence-corrected chi connectivity index (χ4v) is 3.86. The Hall–Kier alpha value is -2.89. The Kier molecular flexibility index (Phi) is 5.51. The molecule has 29 heavy (non-hydrogen) atoms. The van der Waals surface area contributed by atoms with Crippen LogP contribution >= 0.6 is 11.6 Å². The highest BCUT2D eigenvalue weighted by atomic mass is 35.5. The summed E-state index contributed by atoms with van der Waals surface area (Å²) in [5.41, 5.74) is 3.46. The van der Waals surface area contributed by atoms with Crippen LogP contribution in [-0.2, 0) is 4.79 Å². The first-order valence-corrected chi connectivity index (χ1v) is 9.77. The fourth-order valence-electron chi connectivity index (χ4n) is 3.73. The van der Waals surface area contributed by atoms with E-state index in [1.807, 2.05) is 53.4 Å². The second-order valence-corrected chi connectivity index (χ2v) is 7.46. The average Bonchev–Trinajstić information content (AvgIpc) is 2.76. The van der Waals surface area contributed by atoms with Crippen LogP contribution in [0.3, 0.4) is 0 Å². The zero-order valence-electron chi connectivity index (χ0n) is 16.0. The van der Waals surface area contributed by atoms with Gasteiger partial charge in [0, 0.05) is 34.6 Å². The zero-order valence-corrected chi connectivity index (χ0v) is 16.7. The molecule has 0 saturated carbocycles. The van der Waals surface area contributed by atoms with Crippen molar-refractivity contribution in [1.82, 2.24) is 4.98 Å². The number of aliphatic hydroxyl groups is 1. The maximum absolute atomic E-state index is 13.1. The van der Waals surface area contributed by atoms with Gasteiger partial charge < -0.3 is 14.7 Å². The van der Waals surface area contributed by atoms with E-state index in [4.69, 9.17) is 16.3 Å². The van der Waals surface area contributed by atoms with E-state index in [2.05, 4.69) is 4.98 Å². The number of anilines is 2. The molecule has 1 aromatic heterocycles. The number of pyridine rings is 1. The fraction of sp³-hybridized carbons (Fsp3) is 0.217.